The van der Waals surface area contributed by atoms with Crippen LogP contribution in [0.4, 0.5) is 21.7 Å². The quantitative estimate of drug-likeness (QED) is 0.521. The van der Waals surface area contributed by atoms with E-state index in [1.807, 2.05) is 31.2 Å². The predicted octanol–water partition coefficient (Wildman–Crippen LogP) is 3.36. The second kappa shape index (κ2) is 8.26. The summed E-state index contributed by atoms with van der Waals surface area (Å²) in [5.41, 5.74) is 3.15. The minimum atomic E-state index is -0.520. The van der Waals surface area contributed by atoms with Crippen LogP contribution in [-0.4, -0.2) is 32.1 Å². The van der Waals surface area contributed by atoms with Gasteiger partial charge in [0.15, 0.2) is 5.65 Å². The van der Waals surface area contributed by atoms with Crippen molar-refractivity contribution in [3.63, 3.8) is 0 Å². The molecule has 9 heteroatoms. The zero-order chi connectivity index (χ0) is 23.0. The maximum atomic E-state index is 14.0. The van der Waals surface area contributed by atoms with Gasteiger partial charge in [0, 0.05) is 30.2 Å². The summed E-state index contributed by atoms with van der Waals surface area (Å²) in [6.45, 7) is 5.14. The number of aryl methyl sites for hydroxylation is 3. The summed E-state index contributed by atoms with van der Waals surface area (Å²) < 4.78 is 16.3. The van der Waals surface area contributed by atoms with Gasteiger partial charge in [-0.2, -0.15) is 0 Å². The van der Waals surface area contributed by atoms with Crippen molar-refractivity contribution >= 4 is 28.9 Å². The molecule has 0 aliphatic carbocycles. The van der Waals surface area contributed by atoms with E-state index >= 15 is 0 Å². The van der Waals surface area contributed by atoms with Gasteiger partial charge in [0.05, 0.1) is 0 Å². The number of carbonyl (C=O) groups excluding carboxylic acids is 1. The van der Waals surface area contributed by atoms with E-state index < -0.39 is 5.69 Å². The number of likely N-dealkylation sites (N-methyl/N-ethyl adjacent to an activating group) is 1. The highest BCUT2D eigenvalue weighted by atomic mass is 19.1. The predicted molar refractivity (Wildman–Crippen MR) is 121 cm³/mol. The smallest absolute Gasteiger partial charge is 0.325 e. The van der Waals surface area contributed by atoms with Gasteiger partial charge in [-0.1, -0.05) is 18.2 Å². The Labute approximate surface area is 183 Å². The first-order valence-electron chi connectivity index (χ1n) is 10.1. The molecule has 0 atom stereocenters. The normalized spacial score (nSPS) is 11.0. The topological polar surface area (TPSA) is 84.5 Å². The average Bonchev–Trinajstić information content (AvgIpc) is 3.05. The first-order valence-corrected chi connectivity index (χ1v) is 10.1. The minimum absolute atomic E-state index is 0.194. The standard InChI is InChI=1S/C23H23FN6O2/c1-14-6-5-7-18(10-14)28(4)21(31)13-29-23(32)30-20(27-29)11-16(3)25-22(30)26-17-9-8-15(2)19(24)12-17/h5-12H,13H2,1-4H3,(H,25,26). The van der Waals surface area contributed by atoms with Crippen molar-refractivity contribution in [2.24, 2.45) is 0 Å². The number of rotatable bonds is 5. The van der Waals surface area contributed by atoms with E-state index in [-0.39, 0.29) is 24.2 Å². The third kappa shape index (κ3) is 4.09. The van der Waals surface area contributed by atoms with Crippen LogP contribution in [-0.2, 0) is 11.3 Å². The molecule has 164 valence electrons. The van der Waals surface area contributed by atoms with Crippen LogP contribution in [0, 0.1) is 26.6 Å². The van der Waals surface area contributed by atoms with Crippen LogP contribution in [0.25, 0.3) is 5.65 Å². The van der Waals surface area contributed by atoms with Crippen molar-refractivity contribution in [1.29, 1.82) is 0 Å². The van der Waals surface area contributed by atoms with Crippen LogP contribution >= 0.6 is 0 Å². The summed E-state index contributed by atoms with van der Waals surface area (Å²) in [7, 11) is 1.66. The van der Waals surface area contributed by atoms with Gasteiger partial charge in [-0.3, -0.25) is 4.79 Å². The Morgan fingerprint density at radius 2 is 1.91 bits per heavy atom. The summed E-state index contributed by atoms with van der Waals surface area (Å²) in [5, 5.41) is 7.29. The summed E-state index contributed by atoms with van der Waals surface area (Å²) in [6, 6.07) is 13.8. The van der Waals surface area contributed by atoms with Crippen molar-refractivity contribution in [2.75, 3.05) is 17.3 Å². The van der Waals surface area contributed by atoms with Crippen LogP contribution in [0.2, 0.25) is 0 Å². The van der Waals surface area contributed by atoms with Crippen molar-refractivity contribution in [1.82, 2.24) is 19.2 Å². The van der Waals surface area contributed by atoms with Crippen molar-refractivity contribution in [2.45, 2.75) is 27.3 Å². The molecule has 0 saturated heterocycles. The molecule has 0 saturated carbocycles. The highest BCUT2D eigenvalue weighted by Crippen LogP contribution is 2.19. The van der Waals surface area contributed by atoms with Crippen molar-refractivity contribution in [3.8, 4) is 0 Å². The Morgan fingerprint density at radius 1 is 1.12 bits per heavy atom. The van der Waals surface area contributed by atoms with Crippen LogP contribution in [0.3, 0.4) is 0 Å². The first-order chi connectivity index (χ1) is 15.2. The highest BCUT2D eigenvalue weighted by molar-refractivity contribution is 5.92. The van der Waals surface area contributed by atoms with E-state index in [0.29, 0.717) is 22.6 Å². The van der Waals surface area contributed by atoms with Crippen LogP contribution in [0.5, 0.6) is 0 Å². The molecular formula is C23H23FN6O2. The minimum Gasteiger partial charge on any atom is -0.325 e. The number of nitrogens with zero attached hydrogens (tertiary/aromatic N) is 5. The number of amides is 1. The molecule has 4 aromatic rings. The maximum Gasteiger partial charge on any atom is 0.353 e. The van der Waals surface area contributed by atoms with E-state index in [0.717, 1.165) is 15.9 Å². The van der Waals surface area contributed by atoms with E-state index in [2.05, 4.69) is 15.4 Å². The molecule has 2 aromatic heterocycles. The molecule has 32 heavy (non-hydrogen) atoms. The lowest BCUT2D eigenvalue weighted by atomic mass is 10.2. The van der Waals surface area contributed by atoms with E-state index in [1.54, 1.807) is 39.1 Å². The zero-order valence-corrected chi connectivity index (χ0v) is 18.3. The van der Waals surface area contributed by atoms with Gasteiger partial charge in [-0.05, 0) is 56.2 Å². The molecular weight excluding hydrogens is 411 g/mol. The molecule has 1 amide bonds. The van der Waals surface area contributed by atoms with Crippen LogP contribution in [0.15, 0.2) is 53.3 Å². The molecule has 0 bridgehead atoms. The average molecular weight is 434 g/mol. The molecule has 4 rings (SSSR count). The monoisotopic (exact) mass is 434 g/mol. The lowest BCUT2D eigenvalue weighted by Gasteiger charge is -2.17. The molecule has 1 N–H and O–H groups in total. The third-order valence-corrected chi connectivity index (χ3v) is 5.17. The van der Waals surface area contributed by atoms with Gasteiger partial charge in [0.2, 0.25) is 11.9 Å². The number of carbonyl (C=O) groups is 1. The summed E-state index contributed by atoms with van der Waals surface area (Å²) in [4.78, 5) is 31.7. The van der Waals surface area contributed by atoms with Gasteiger partial charge in [0.1, 0.15) is 12.4 Å². The molecule has 0 aliphatic rings. The Hall–Kier alpha value is -4.01. The fourth-order valence-electron chi connectivity index (χ4n) is 3.35. The third-order valence-electron chi connectivity index (χ3n) is 5.17. The number of anilines is 3. The van der Waals surface area contributed by atoms with Gasteiger partial charge in [0.25, 0.3) is 0 Å². The Bertz CT molecular complexity index is 1390. The van der Waals surface area contributed by atoms with Gasteiger partial charge in [-0.25, -0.2) is 23.3 Å². The Morgan fingerprint density at radius 3 is 2.62 bits per heavy atom. The molecule has 0 aliphatic heterocycles. The lowest BCUT2D eigenvalue weighted by Crippen LogP contribution is -2.34. The molecule has 0 spiro atoms. The number of benzene rings is 2. The lowest BCUT2D eigenvalue weighted by molar-refractivity contribution is -0.119. The van der Waals surface area contributed by atoms with E-state index in [4.69, 9.17) is 0 Å². The first kappa shape index (κ1) is 21.2. The zero-order valence-electron chi connectivity index (χ0n) is 18.3. The second-order valence-corrected chi connectivity index (χ2v) is 7.74. The molecule has 0 fully saturated rings. The number of hydrogen-bond acceptors (Lipinski definition) is 5. The SMILES string of the molecule is Cc1cccc(N(C)C(=O)Cn2nc3cc(C)nc(Nc4ccc(C)c(F)c4)n3c2=O)c1. The van der Waals surface area contributed by atoms with Gasteiger partial charge in [-0.15, -0.1) is 5.10 Å². The molecule has 8 nitrogen and oxygen atoms in total. The number of hydrogen-bond donors (Lipinski definition) is 1. The molecule has 2 heterocycles. The van der Waals surface area contributed by atoms with E-state index in [1.165, 1.54) is 15.4 Å². The number of aromatic nitrogens is 4. The Kier molecular flexibility index (Phi) is 5.48. The molecule has 0 radical (unpaired) electrons. The second-order valence-electron chi connectivity index (χ2n) is 7.74. The number of fused-ring (bicyclic) bond motifs is 1. The molecule has 0 unspecified atom stereocenters. The number of halogens is 1. The maximum absolute atomic E-state index is 14.0. The van der Waals surface area contributed by atoms with Crippen LogP contribution < -0.4 is 15.9 Å². The van der Waals surface area contributed by atoms with Gasteiger partial charge < -0.3 is 10.2 Å². The van der Waals surface area contributed by atoms with Crippen molar-refractivity contribution < 1.29 is 9.18 Å². The summed E-state index contributed by atoms with van der Waals surface area (Å²) in [5.74, 6) is -0.466. The van der Waals surface area contributed by atoms with Crippen LogP contribution in [0.1, 0.15) is 16.8 Å². The largest absolute Gasteiger partial charge is 0.353 e. The fourth-order valence-corrected chi connectivity index (χ4v) is 3.35. The Balaban J connectivity index is 1.67. The molecule has 2 aromatic carbocycles. The van der Waals surface area contributed by atoms with Gasteiger partial charge >= 0.3 is 5.69 Å². The summed E-state index contributed by atoms with van der Waals surface area (Å²) >= 11 is 0. The fraction of sp³-hybridized carbons (Fsp3) is 0.217. The van der Waals surface area contributed by atoms with Crippen molar-refractivity contribution in [3.05, 3.63) is 81.7 Å². The highest BCUT2D eigenvalue weighted by Gasteiger charge is 2.18. The summed E-state index contributed by atoms with van der Waals surface area (Å²) in [6.07, 6.45) is 0. The van der Waals surface area contributed by atoms with E-state index in [9.17, 15) is 14.0 Å². The number of nitrogens with one attached hydrogen (secondary N) is 1.